The van der Waals surface area contributed by atoms with Gasteiger partial charge in [-0.1, -0.05) is 6.08 Å². The molecule has 0 aromatic carbocycles. The highest BCUT2D eigenvalue weighted by Gasteiger charge is 2.27. The fourth-order valence-corrected chi connectivity index (χ4v) is 3.57. The number of aryl methyl sites for hydroxylation is 1. The van der Waals surface area contributed by atoms with E-state index >= 15 is 4.39 Å². The van der Waals surface area contributed by atoms with Crippen molar-refractivity contribution >= 4 is 22.9 Å². The molecule has 6 nitrogen and oxygen atoms in total. The summed E-state index contributed by atoms with van der Waals surface area (Å²) in [6.45, 7) is 4.11. The van der Waals surface area contributed by atoms with Crippen LogP contribution in [0.15, 0.2) is 18.2 Å². The largest absolute Gasteiger partial charge is 0.491 e. The Morgan fingerprint density at radius 1 is 1.22 bits per heavy atom. The van der Waals surface area contributed by atoms with Crippen molar-refractivity contribution < 1.29 is 9.13 Å². The quantitative estimate of drug-likeness (QED) is 0.767. The number of pyridine rings is 2. The molecule has 4 heterocycles. The molecule has 2 aliphatic rings. The highest BCUT2D eigenvalue weighted by molar-refractivity contribution is 5.76. The lowest BCUT2D eigenvalue weighted by Gasteiger charge is -2.16. The number of nitrogens with one attached hydrogen (secondary N) is 3. The minimum absolute atomic E-state index is 0.201. The lowest BCUT2D eigenvalue weighted by atomic mass is 9.99. The van der Waals surface area contributed by atoms with E-state index in [0.717, 1.165) is 48.6 Å². The van der Waals surface area contributed by atoms with E-state index in [1.807, 2.05) is 26.1 Å². The Hall–Kier alpha value is -2.67. The molecule has 142 valence electrons. The van der Waals surface area contributed by atoms with Crippen molar-refractivity contribution in [3.05, 3.63) is 41.0 Å². The van der Waals surface area contributed by atoms with Gasteiger partial charge in [0.25, 0.3) is 0 Å². The molecule has 27 heavy (non-hydrogen) atoms. The van der Waals surface area contributed by atoms with Crippen molar-refractivity contribution in [2.45, 2.75) is 26.2 Å². The van der Waals surface area contributed by atoms with E-state index in [1.54, 1.807) is 0 Å². The SMILES string of the molecule is CNc1cc(C)nc(Nc2nc3c(c(C4=CCNCCC4)c2F)OCC3)c1. The minimum Gasteiger partial charge on any atom is -0.491 e. The van der Waals surface area contributed by atoms with Crippen molar-refractivity contribution in [2.24, 2.45) is 0 Å². The van der Waals surface area contributed by atoms with Crippen LogP contribution in [-0.4, -0.2) is 36.7 Å². The summed E-state index contributed by atoms with van der Waals surface area (Å²) >= 11 is 0. The Balaban J connectivity index is 1.77. The van der Waals surface area contributed by atoms with Gasteiger partial charge in [-0.15, -0.1) is 0 Å². The molecular weight excluding hydrogens is 345 g/mol. The molecule has 4 rings (SSSR count). The summed E-state index contributed by atoms with van der Waals surface area (Å²) in [5.41, 5.74) is 4.08. The second kappa shape index (κ2) is 7.52. The molecule has 2 aliphatic heterocycles. The molecular formula is C20H24FN5O. The highest BCUT2D eigenvalue weighted by atomic mass is 19.1. The maximum atomic E-state index is 15.5. The molecule has 0 amide bonds. The number of ether oxygens (including phenoxy) is 1. The van der Waals surface area contributed by atoms with E-state index < -0.39 is 0 Å². The molecule has 3 N–H and O–H groups in total. The van der Waals surface area contributed by atoms with Crippen molar-refractivity contribution in [3.63, 3.8) is 0 Å². The maximum Gasteiger partial charge on any atom is 0.177 e. The molecule has 0 radical (unpaired) electrons. The number of rotatable bonds is 4. The molecule has 0 fully saturated rings. The van der Waals surface area contributed by atoms with Gasteiger partial charge in [0.2, 0.25) is 0 Å². The first-order chi connectivity index (χ1) is 13.2. The molecule has 7 heteroatoms. The number of hydrogen-bond donors (Lipinski definition) is 3. The third-order valence-corrected chi connectivity index (χ3v) is 4.85. The van der Waals surface area contributed by atoms with Gasteiger partial charge >= 0.3 is 0 Å². The Kier molecular flexibility index (Phi) is 4.94. The first-order valence-electron chi connectivity index (χ1n) is 9.34. The summed E-state index contributed by atoms with van der Waals surface area (Å²) in [7, 11) is 1.84. The van der Waals surface area contributed by atoms with E-state index in [-0.39, 0.29) is 11.6 Å². The Morgan fingerprint density at radius 3 is 2.96 bits per heavy atom. The van der Waals surface area contributed by atoms with Crippen LogP contribution >= 0.6 is 0 Å². The monoisotopic (exact) mass is 369 g/mol. The number of allylic oxidation sites excluding steroid dienone is 1. The fraction of sp³-hybridized carbons (Fsp3) is 0.400. The third kappa shape index (κ3) is 3.60. The van der Waals surface area contributed by atoms with Gasteiger partial charge < -0.3 is 20.7 Å². The van der Waals surface area contributed by atoms with Gasteiger partial charge in [0.1, 0.15) is 5.82 Å². The molecule has 0 bridgehead atoms. The van der Waals surface area contributed by atoms with Gasteiger partial charge in [0.15, 0.2) is 17.4 Å². The Bertz CT molecular complexity index is 896. The lowest BCUT2D eigenvalue weighted by molar-refractivity contribution is 0.354. The minimum atomic E-state index is -0.377. The summed E-state index contributed by atoms with van der Waals surface area (Å²) in [5.74, 6) is 0.983. The van der Waals surface area contributed by atoms with Crippen LogP contribution in [0.4, 0.5) is 21.7 Å². The van der Waals surface area contributed by atoms with Gasteiger partial charge in [-0.25, -0.2) is 14.4 Å². The molecule has 0 unspecified atom stereocenters. The van der Waals surface area contributed by atoms with Gasteiger partial charge in [-0.2, -0.15) is 0 Å². The molecule has 0 saturated heterocycles. The molecule has 2 aromatic rings. The van der Waals surface area contributed by atoms with Crippen LogP contribution in [-0.2, 0) is 6.42 Å². The summed E-state index contributed by atoms with van der Waals surface area (Å²) < 4.78 is 21.3. The zero-order valence-electron chi connectivity index (χ0n) is 15.7. The average molecular weight is 369 g/mol. The van der Waals surface area contributed by atoms with Gasteiger partial charge in [-0.3, -0.25) is 0 Å². The second-order valence-corrected chi connectivity index (χ2v) is 6.82. The van der Waals surface area contributed by atoms with Gasteiger partial charge in [-0.05, 0) is 37.9 Å². The summed E-state index contributed by atoms with van der Waals surface area (Å²) in [5, 5.41) is 9.49. The van der Waals surface area contributed by atoms with Crippen LogP contribution in [0.5, 0.6) is 5.75 Å². The smallest absolute Gasteiger partial charge is 0.177 e. The first-order valence-corrected chi connectivity index (χ1v) is 9.34. The summed E-state index contributed by atoms with van der Waals surface area (Å²) in [6.07, 6.45) is 4.53. The Morgan fingerprint density at radius 2 is 2.11 bits per heavy atom. The van der Waals surface area contributed by atoms with Crippen molar-refractivity contribution in [3.8, 4) is 5.75 Å². The van der Waals surface area contributed by atoms with Crippen LogP contribution in [0.1, 0.15) is 29.8 Å². The summed E-state index contributed by atoms with van der Waals surface area (Å²) in [6, 6.07) is 3.77. The highest BCUT2D eigenvalue weighted by Crippen LogP contribution is 2.40. The van der Waals surface area contributed by atoms with E-state index in [0.29, 0.717) is 30.2 Å². The number of fused-ring (bicyclic) bond motifs is 1. The van der Waals surface area contributed by atoms with Crippen LogP contribution in [0.25, 0.3) is 5.57 Å². The van der Waals surface area contributed by atoms with Gasteiger partial charge in [0.05, 0.1) is 17.9 Å². The van der Waals surface area contributed by atoms with Crippen LogP contribution < -0.4 is 20.7 Å². The van der Waals surface area contributed by atoms with E-state index in [1.165, 1.54) is 0 Å². The standard InChI is InChI=1S/C20H24FN5O/c1-12-10-14(22-2)11-16(24-12)26-20-18(21)17(13-4-3-7-23-8-5-13)19-15(25-20)6-9-27-19/h5,10-11,23H,3-4,6-9H2,1-2H3,(H2,22,24,25,26). The van der Waals surface area contributed by atoms with E-state index in [4.69, 9.17) is 4.74 Å². The van der Waals surface area contributed by atoms with E-state index in [2.05, 4.69) is 32.0 Å². The predicted molar refractivity (Wildman–Crippen MR) is 105 cm³/mol. The molecule has 0 spiro atoms. The zero-order valence-corrected chi connectivity index (χ0v) is 15.7. The van der Waals surface area contributed by atoms with Crippen molar-refractivity contribution in [1.82, 2.24) is 15.3 Å². The number of aromatic nitrogens is 2. The van der Waals surface area contributed by atoms with Crippen LogP contribution in [0, 0.1) is 12.7 Å². The van der Waals surface area contributed by atoms with Crippen LogP contribution in [0.2, 0.25) is 0 Å². The predicted octanol–water partition coefficient (Wildman–Crippen LogP) is 3.41. The van der Waals surface area contributed by atoms with E-state index in [9.17, 15) is 0 Å². The number of halogens is 1. The Labute approximate surface area is 158 Å². The zero-order chi connectivity index (χ0) is 18.8. The normalized spacial score (nSPS) is 16.2. The molecule has 0 saturated carbocycles. The van der Waals surface area contributed by atoms with Gasteiger partial charge in [0, 0.05) is 37.5 Å². The lowest BCUT2D eigenvalue weighted by Crippen LogP contribution is -2.12. The number of hydrogen-bond acceptors (Lipinski definition) is 6. The average Bonchev–Trinajstić information content (AvgIpc) is 2.95. The molecule has 2 aromatic heterocycles. The second-order valence-electron chi connectivity index (χ2n) is 6.82. The first kappa shape index (κ1) is 17.7. The fourth-order valence-electron chi connectivity index (χ4n) is 3.57. The maximum absolute atomic E-state index is 15.5. The molecule has 0 aliphatic carbocycles. The summed E-state index contributed by atoms with van der Waals surface area (Å²) in [4.78, 5) is 8.95. The third-order valence-electron chi connectivity index (χ3n) is 4.85. The van der Waals surface area contributed by atoms with Crippen molar-refractivity contribution in [1.29, 1.82) is 0 Å². The molecule has 0 atom stereocenters. The number of anilines is 3. The number of nitrogens with zero attached hydrogens (tertiary/aromatic N) is 2. The van der Waals surface area contributed by atoms with Crippen molar-refractivity contribution in [2.75, 3.05) is 37.4 Å². The topological polar surface area (TPSA) is 71.1 Å². The van der Waals surface area contributed by atoms with Crippen LogP contribution in [0.3, 0.4) is 0 Å².